The van der Waals surface area contributed by atoms with E-state index in [1.165, 1.54) is 21.5 Å². The fraction of sp³-hybridized carbons (Fsp3) is 0. The topological polar surface area (TPSA) is 52.4 Å². The molecule has 0 spiro atoms. The highest BCUT2D eigenvalue weighted by Gasteiger charge is 2.35. The van der Waals surface area contributed by atoms with Gasteiger partial charge in [-0.3, -0.25) is 9.47 Å². The van der Waals surface area contributed by atoms with Gasteiger partial charge in [-0.05, 0) is 75.8 Å². The van der Waals surface area contributed by atoms with Crippen LogP contribution in [0.1, 0.15) is 0 Å². The lowest BCUT2D eigenvalue weighted by molar-refractivity contribution is 0.446. The van der Waals surface area contributed by atoms with Gasteiger partial charge in [-0.1, -0.05) is 133 Å². The molecule has 2 aliphatic rings. The molecule has 0 amide bonds. The van der Waals surface area contributed by atoms with Gasteiger partial charge in [-0.15, -0.1) is 0 Å². The van der Waals surface area contributed by atoms with E-state index < -0.39 is 0 Å². The third kappa shape index (κ3) is 4.37. The fourth-order valence-corrected chi connectivity index (χ4v) is 9.23. The summed E-state index contributed by atoms with van der Waals surface area (Å²) in [6.45, 7) is 0. The second-order valence-electron chi connectivity index (χ2n) is 14.9. The maximum Gasteiger partial charge on any atom is 0.235 e. The molecule has 6 nitrogen and oxygen atoms in total. The van der Waals surface area contributed by atoms with Crippen LogP contribution in [0.2, 0.25) is 0 Å². The number of anilines is 3. The van der Waals surface area contributed by atoms with E-state index in [0.29, 0.717) is 5.95 Å². The molecule has 0 bridgehead atoms. The predicted molar refractivity (Wildman–Crippen MR) is 235 cm³/mol. The van der Waals surface area contributed by atoms with E-state index in [2.05, 4.69) is 143 Å². The monoisotopic (exact) mass is 742 g/mol. The molecule has 0 saturated heterocycles. The van der Waals surface area contributed by atoms with Crippen LogP contribution in [0.3, 0.4) is 0 Å². The third-order valence-electron chi connectivity index (χ3n) is 11.7. The number of fused-ring (bicyclic) bond motifs is 13. The number of nitrogens with zero attached hydrogens (tertiary/aromatic N) is 4. The van der Waals surface area contributed by atoms with Gasteiger partial charge in [-0.2, -0.15) is 0 Å². The van der Waals surface area contributed by atoms with E-state index in [1.54, 1.807) is 0 Å². The predicted octanol–water partition coefficient (Wildman–Crippen LogP) is 14.0. The molecule has 0 N–H and O–H groups in total. The molecule has 2 aromatic heterocycles. The number of ether oxygens (including phenoxy) is 2. The molecular formula is C52H30N4O2. The first-order chi connectivity index (χ1) is 28.8. The Hall–Kier alpha value is -7.96. The van der Waals surface area contributed by atoms with Gasteiger partial charge in [0.05, 0.1) is 33.6 Å². The summed E-state index contributed by atoms with van der Waals surface area (Å²) in [7, 11) is 0. The molecule has 11 aromatic rings. The number of rotatable bonds is 3. The molecule has 6 heteroatoms. The van der Waals surface area contributed by atoms with Crippen LogP contribution < -0.4 is 14.4 Å². The summed E-state index contributed by atoms with van der Waals surface area (Å²) in [4.78, 5) is 13.1. The largest absolute Gasteiger partial charge is 0.453 e. The van der Waals surface area contributed by atoms with Crippen LogP contribution >= 0.6 is 0 Å². The average molecular weight is 743 g/mol. The molecule has 0 unspecified atom stereocenters. The number of benzene rings is 9. The Labute approximate surface area is 332 Å². The van der Waals surface area contributed by atoms with Crippen LogP contribution in [-0.2, 0) is 0 Å². The van der Waals surface area contributed by atoms with Crippen LogP contribution in [0.5, 0.6) is 23.0 Å². The van der Waals surface area contributed by atoms with Crippen molar-refractivity contribution in [3.63, 3.8) is 0 Å². The highest BCUT2D eigenvalue weighted by Crippen LogP contribution is 2.60. The first kappa shape index (κ1) is 31.3. The van der Waals surface area contributed by atoms with E-state index in [4.69, 9.17) is 19.4 Å². The highest BCUT2D eigenvalue weighted by molar-refractivity contribution is 6.32. The molecule has 0 aliphatic carbocycles. The number of para-hydroxylation sites is 5. The highest BCUT2D eigenvalue weighted by atomic mass is 16.5. The molecular weight excluding hydrogens is 713 g/mol. The summed E-state index contributed by atoms with van der Waals surface area (Å²) in [6.07, 6.45) is 0. The maximum atomic E-state index is 6.68. The van der Waals surface area contributed by atoms with E-state index in [9.17, 15) is 0 Å². The lowest BCUT2D eigenvalue weighted by Crippen LogP contribution is -2.20. The first-order valence-corrected chi connectivity index (χ1v) is 19.5. The zero-order valence-corrected chi connectivity index (χ0v) is 30.9. The second-order valence-corrected chi connectivity index (χ2v) is 14.9. The van der Waals surface area contributed by atoms with Crippen molar-refractivity contribution in [3.05, 3.63) is 182 Å². The molecule has 0 radical (unpaired) electrons. The third-order valence-corrected chi connectivity index (χ3v) is 11.7. The molecule has 4 heterocycles. The molecule has 9 aromatic carbocycles. The van der Waals surface area contributed by atoms with Gasteiger partial charge in [0.1, 0.15) is 5.69 Å². The zero-order chi connectivity index (χ0) is 37.9. The van der Waals surface area contributed by atoms with Crippen molar-refractivity contribution in [2.24, 2.45) is 0 Å². The van der Waals surface area contributed by atoms with Gasteiger partial charge in [-0.25, -0.2) is 9.97 Å². The van der Waals surface area contributed by atoms with Crippen molar-refractivity contribution < 1.29 is 9.47 Å². The summed E-state index contributed by atoms with van der Waals surface area (Å²) < 4.78 is 15.6. The Morgan fingerprint density at radius 1 is 0.397 bits per heavy atom. The number of hydrogen-bond donors (Lipinski definition) is 0. The van der Waals surface area contributed by atoms with Crippen molar-refractivity contribution in [2.75, 3.05) is 4.90 Å². The number of aromatic nitrogens is 3. The lowest BCUT2D eigenvalue weighted by atomic mass is 9.96. The van der Waals surface area contributed by atoms with Gasteiger partial charge in [0, 0.05) is 27.1 Å². The smallest absolute Gasteiger partial charge is 0.235 e. The SMILES string of the molecule is c1ccc(-c2nc(-n3c4cc(-c5cc6c7c(c5)Oc5ccccc5N7c5ccccc5O6)ccc4c4c5ccccc5c5ccccc5c43)nc3ccccc23)cc1. The van der Waals surface area contributed by atoms with Crippen LogP contribution in [0.4, 0.5) is 17.1 Å². The van der Waals surface area contributed by atoms with Crippen molar-refractivity contribution in [3.8, 4) is 51.3 Å². The van der Waals surface area contributed by atoms with Gasteiger partial charge >= 0.3 is 0 Å². The molecule has 2 aliphatic heterocycles. The molecule has 13 rings (SSSR count). The van der Waals surface area contributed by atoms with Gasteiger partial charge in [0.2, 0.25) is 5.95 Å². The molecule has 0 saturated carbocycles. The Balaban J connectivity index is 1.12. The maximum absolute atomic E-state index is 6.68. The zero-order valence-electron chi connectivity index (χ0n) is 30.9. The second kappa shape index (κ2) is 11.8. The summed E-state index contributed by atoms with van der Waals surface area (Å²) in [5.41, 5.74) is 9.76. The van der Waals surface area contributed by atoms with E-state index in [1.807, 2.05) is 48.5 Å². The first-order valence-electron chi connectivity index (χ1n) is 19.5. The van der Waals surface area contributed by atoms with Crippen LogP contribution in [-0.4, -0.2) is 14.5 Å². The minimum absolute atomic E-state index is 0.617. The van der Waals surface area contributed by atoms with E-state index in [0.717, 1.165) is 95.2 Å². The normalized spacial score (nSPS) is 12.7. The van der Waals surface area contributed by atoms with Crippen molar-refractivity contribution in [1.82, 2.24) is 14.5 Å². The van der Waals surface area contributed by atoms with Crippen molar-refractivity contribution >= 4 is 71.3 Å². The van der Waals surface area contributed by atoms with Crippen LogP contribution in [0.15, 0.2) is 182 Å². The molecule has 0 atom stereocenters. The van der Waals surface area contributed by atoms with E-state index in [-0.39, 0.29) is 0 Å². The summed E-state index contributed by atoms with van der Waals surface area (Å²) >= 11 is 0. The van der Waals surface area contributed by atoms with Crippen molar-refractivity contribution in [1.29, 1.82) is 0 Å². The quantitative estimate of drug-likeness (QED) is 0.169. The molecule has 0 fully saturated rings. The molecule has 270 valence electrons. The van der Waals surface area contributed by atoms with Gasteiger partial charge in [0.15, 0.2) is 23.0 Å². The van der Waals surface area contributed by atoms with Gasteiger partial charge < -0.3 is 9.47 Å². The minimum Gasteiger partial charge on any atom is -0.453 e. The Morgan fingerprint density at radius 3 is 1.71 bits per heavy atom. The fourth-order valence-electron chi connectivity index (χ4n) is 9.23. The lowest BCUT2D eigenvalue weighted by Gasteiger charge is -2.38. The van der Waals surface area contributed by atoms with Crippen LogP contribution in [0.25, 0.3) is 82.6 Å². The summed E-state index contributed by atoms with van der Waals surface area (Å²) in [5, 5.41) is 8.04. The van der Waals surface area contributed by atoms with Gasteiger partial charge in [0.25, 0.3) is 0 Å². The molecule has 58 heavy (non-hydrogen) atoms. The van der Waals surface area contributed by atoms with Crippen molar-refractivity contribution in [2.45, 2.75) is 0 Å². The Kier molecular flexibility index (Phi) is 6.35. The Morgan fingerprint density at radius 2 is 0.983 bits per heavy atom. The van der Waals surface area contributed by atoms with Crippen LogP contribution in [0, 0.1) is 0 Å². The summed E-state index contributed by atoms with van der Waals surface area (Å²) in [6, 6.07) is 63.5. The van der Waals surface area contributed by atoms with E-state index >= 15 is 0 Å². The average Bonchev–Trinajstić information content (AvgIpc) is 3.64. The number of hydrogen-bond acceptors (Lipinski definition) is 5. The Bertz CT molecular complexity index is 3470. The minimum atomic E-state index is 0.617. The standard InChI is InChI=1S/C52H30N4O2/c1-2-14-31(15-3-1)49-38-20-8-9-21-40(38)53-52(54-49)56-43-28-32(26-27-39(43)48-36-18-6-4-16-34(36)35-17-5-7-19-37(35)50(48)56)33-29-46-51-47(30-33)58-45-25-13-11-23-42(45)55(51)41-22-10-12-24-44(41)57-46/h1-30H. The summed E-state index contributed by atoms with van der Waals surface area (Å²) in [5.74, 6) is 3.69.